The summed E-state index contributed by atoms with van der Waals surface area (Å²) < 4.78 is 11.7. The Morgan fingerprint density at radius 3 is 2.57 bits per heavy atom. The minimum Gasteiger partial charge on any atom is -0.456 e. The first-order valence-electron chi connectivity index (χ1n) is 12.4. The highest BCUT2D eigenvalue weighted by Crippen LogP contribution is 2.45. The number of cyclic esters (lactones) is 1. The molecule has 2 aliphatic rings. The summed E-state index contributed by atoms with van der Waals surface area (Å²) in [4.78, 5) is 30.3. The van der Waals surface area contributed by atoms with Gasteiger partial charge in [-0.3, -0.25) is 14.6 Å². The van der Waals surface area contributed by atoms with Crippen molar-refractivity contribution in [3.63, 3.8) is 0 Å². The maximum atomic E-state index is 13.2. The number of carbonyl (C=O) groups excluding carboxylic acids is 2. The van der Waals surface area contributed by atoms with Gasteiger partial charge in [-0.15, -0.1) is 0 Å². The maximum absolute atomic E-state index is 13.2. The number of hydrogen-bond acceptors (Lipinski definition) is 7. The molecule has 35 heavy (non-hydrogen) atoms. The van der Waals surface area contributed by atoms with Crippen LogP contribution in [0.4, 0.5) is 0 Å². The van der Waals surface area contributed by atoms with Crippen molar-refractivity contribution in [2.45, 2.75) is 96.7 Å². The summed E-state index contributed by atoms with van der Waals surface area (Å²) in [6.07, 6.45) is 2.64. The number of fused-ring (bicyclic) bond motifs is 1. The fraction of sp³-hybridized carbons (Fsp3) is 0.667. The Morgan fingerprint density at radius 1 is 1.20 bits per heavy atom. The number of esters is 1. The van der Waals surface area contributed by atoms with Crippen molar-refractivity contribution in [1.82, 2.24) is 4.98 Å². The van der Waals surface area contributed by atoms with E-state index < -0.39 is 35.6 Å². The van der Waals surface area contributed by atoms with E-state index >= 15 is 0 Å². The SMILES string of the molecule is C[C@H]1CCC[C@@]2(C)O[C@H]2C[C@@H](/C(Cl)=C/c2ccccn2)OC(=O)C[C@H](O)C(C)(C)C(=O)[C@H](C)[C@H]1O. The summed E-state index contributed by atoms with van der Waals surface area (Å²) in [6, 6.07) is 5.43. The van der Waals surface area contributed by atoms with Gasteiger partial charge in [-0.1, -0.05) is 51.8 Å². The molecule has 2 N–H and O–H groups in total. The molecule has 1 aromatic heterocycles. The number of halogens is 1. The Morgan fingerprint density at radius 2 is 1.91 bits per heavy atom. The number of Topliss-reactive ketones (excluding diaryl/α,β-unsaturated/α-hetero) is 1. The molecular weight excluding hydrogens is 470 g/mol. The molecule has 2 aliphatic heterocycles. The third-order valence-corrected chi connectivity index (χ3v) is 8.04. The largest absolute Gasteiger partial charge is 0.456 e. The Kier molecular flexibility index (Phi) is 8.79. The highest BCUT2D eigenvalue weighted by Gasteiger charge is 2.53. The summed E-state index contributed by atoms with van der Waals surface area (Å²) >= 11 is 6.60. The summed E-state index contributed by atoms with van der Waals surface area (Å²) in [5, 5.41) is 21.9. The number of rotatable bonds is 2. The van der Waals surface area contributed by atoms with Crippen molar-refractivity contribution in [2.75, 3.05) is 0 Å². The van der Waals surface area contributed by atoms with Gasteiger partial charge in [-0.25, -0.2) is 0 Å². The van der Waals surface area contributed by atoms with Crippen molar-refractivity contribution < 1.29 is 29.3 Å². The fourth-order valence-corrected chi connectivity index (χ4v) is 5.13. The molecule has 7 atom stereocenters. The summed E-state index contributed by atoms with van der Waals surface area (Å²) in [6.45, 7) is 8.83. The van der Waals surface area contributed by atoms with Crippen LogP contribution in [0.5, 0.6) is 0 Å². The number of hydrogen-bond donors (Lipinski definition) is 2. The molecule has 0 unspecified atom stereocenters. The predicted octanol–water partition coefficient (Wildman–Crippen LogP) is 4.28. The number of aliphatic hydroxyl groups is 2. The van der Waals surface area contributed by atoms with Gasteiger partial charge in [-0.05, 0) is 43.9 Å². The van der Waals surface area contributed by atoms with Gasteiger partial charge in [0.2, 0.25) is 0 Å². The van der Waals surface area contributed by atoms with E-state index in [1.165, 1.54) is 0 Å². The van der Waals surface area contributed by atoms with Crippen LogP contribution in [0.2, 0.25) is 0 Å². The number of aromatic nitrogens is 1. The molecule has 3 heterocycles. The van der Waals surface area contributed by atoms with Gasteiger partial charge >= 0.3 is 5.97 Å². The van der Waals surface area contributed by atoms with Crippen LogP contribution in [-0.2, 0) is 19.1 Å². The normalized spacial score (nSPS) is 37.3. The summed E-state index contributed by atoms with van der Waals surface area (Å²) in [5.74, 6) is -1.72. The number of nitrogens with zero attached hydrogens (tertiary/aromatic N) is 1. The van der Waals surface area contributed by atoms with Crippen LogP contribution in [0.15, 0.2) is 29.4 Å². The van der Waals surface area contributed by atoms with Gasteiger partial charge in [0.05, 0.1) is 46.5 Å². The number of ether oxygens (including phenoxy) is 2. The number of epoxide rings is 1. The molecule has 2 fully saturated rings. The molecule has 0 spiro atoms. The highest BCUT2D eigenvalue weighted by molar-refractivity contribution is 6.32. The van der Waals surface area contributed by atoms with Gasteiger partial charge in [0.15, 0.2) is 0 Å². The number of aliphatic hydroxyl groups excluding tert-OH is 2. The molecule has 194 valence electrons. The number of ketones is 1. The van der Waals surface area contributed by atoms with Gasteiger partial charge in [0.25, 0.3) is 0 Å². The third-order valence-electron chi connectivity index (χ3n) is 7.69. The second kappa shape index (κ2) is 11.1. The van der Waals surface area contributed by atoms with Crippen LogP contribution < -0.4 is 0 Å². The van der Waals surface area contributed by atoms with Crippen molar-refractivity contribution in [1.29, 1.82) is 0 Å². The molecule has 1 aromatic rings. The lowest BCUT2D eigenvalue weighted by molar-refractivity contribution is -0.154. The smallest absolute Gasteiger partial charge is 0.309 e. The molecule has 0 radical (unpaired) electrons. The van der Waals surface area contributed by atoms with E-state index in [1.807, 2.05) is 19.9 Å². The molecule has 8 heteroatoms. The Balaban J connectivity index is 1.86. The molecule has 0 amide bonds. The van der Waals surface area contributed by atoms with Crippen molar-refractivity contribution in [3.05, 3.63) is 35.1 Å². The number of carbonyl (C=O) groups is 2. The average Bonchev–Trinajstić information content (AvgIpc) is 3.45. The molecule has 0 aliphatic carbocycles. The van der Waals surface area contributed by atoms with E-state index in [-0.39, 0.29) is 29.8 Å². The average molecular weight is 508 g/mol. The lowest BCUT2D eigenvalue weighted by Crippen LogP contribution is -2.45. The molecule has 0 bridgehead atoms. The first-order chi connectivity index (χ1) is 16.3. The van der Waals surface area contributed by atoms with Gasteiger partial charge in [-0.2, -0.15) is 0 Å². The van der Waals surface area contributed by atoms with Crippen LogP contribution in [-0.4, -0.2) is 57.0 Å². The van der Waals surface area contributed by atoms with Crippen molar-refractivity contribution in [3.8, 4) is 0 Å². The zero-order valence-corrected chi connectivity index (χ0v) is 22.0. The molecule has 0 saturated carbocycles. The van der Waals surface area contributed by atoms with Crippen molar-refractivity contribution >= 4 is 29.4 Å². The molecule has 0 aromatic carbocycles. The maximum Gasteiger partial charge on any atom is 0.309 e. The zero-order chi connectivity index (χ0) is 26.0. The van der Waals surface area contributed by atoms with Crippen LogP contribution >= 0.6 is 11.6 Å². The first kappa shape index (κ1) is 27.8. The Labute approximate surface area is 212 Å². The van der Waals surface area contributed by atoms with E-state index in [0.717, 1.165) is 19.3 Å². The predicted molar refractivity (Wildman–Crippen MR) is 133 cm³/mol. The van der Waals surface area contributed by atoms with Crippen LogP contribution in [0.3, 0.4) is 0 Å². The molecule has 2 saturated heterocycles. The minimum atomic E-state index is -1.28. The second-order valence-electron chi connectivity index (χ2n) is 10.9. The lowest BCUT2D eigenvalue weighted by atomic mass is 9.73. The highest BCUT2D eigenvalue weighted by atomic mass is 35.5. The fourth-order valence-electron chi connectivity index (χ4n) is 4.88. The third kappa shape index (κ3) is 6.70. The Hall–Kier alpha value is -1.80. The quantitative estimate of drug-likeness (QED) is 0.454. The standard InChI is InChI=1S/C27H38ClNO6/c1-16-9-8-11-27(5)22(35-27)14-20(19(28)13-18-10-6-7-12-29-18)34-23(31)15-21(30)26(3,4)25(33)17(2)24(16)32/h6-7,10,12-13,16-17,20-22,24,30,32H,8-9,11,14-15H2,1-5H3/b19-13-/t16-,17+,20-,21-,22-,24-,27+/m0/s1. The second-order valence-corrected chi connectivity index (χ2v) is 11.3. The summed E-state index contributed by atoms with van der Waals surface area (Å²) in [7, 11) is 0. The van der Waals surface area contributed by atoms with Crippen LogP contribution in [0.1, 0.15) is 72.4 Å². The Bertz CT molecular complexity index is 935. The molecule has 7 nitrogen and oxygen atoms in total. The lowest BCUT2D eigenvalue weighted by Gasteiger charge is -2.34. The van der Waals surface area contributed by atoms with Crippen LogP contribution in [0.25, 0.3) is 6.08 Å². The monoisotopic (exact) mass is 507 g/mol. The number of pyridine rings is 1. The van der Waals surface area contributed by atoms with Gasteiger partial charge in [0.1, 0.15) is 11.9 Å². The zero-order valence-electron chi connectivity index (χ0n) is 21.2. The van der Waals surface area contributed by atoms with Gasteiger partial charge < -0.3 is 19.7 Å². The van der Waals surface area contributed by atoms with E-state index in [4.69, 9.17) is 21.1 Å². The van der Waals surface area contributed by atoms with E-state index in [9.17, 15) is 19.8 Å². The molecule has 3 rings (SSSR count). The van der Waals surface area contributed by atoms with E-state index in [2.05, 4.69) is 4.98 Å². The van der Waals surface area contributed by atoms with E-state index in [1.54, 1.807) is 45.2 Å². The van der Waals surface area contributed by atoms with E-state index in [0.29, 0.717) is 17.1 Å². The minimum absolute atomic E-state index is 0.0935. The summed E-state index contributed by atoms with van der Waals surface area (Å²) in [5.41, 5.74) is -0.969. The first-order valence-corrected chi connectivity index (χ1v) is 12.8. The van der Waals surface area contributed by atoms with Crippen molar-refractivity contribution in [2.24, 2.45) is 17.3 Å². The van der Waals surface area contributed by atoms with Crippen LogP contribution in [0, 0.1) is 17.3 Å². The topological polar surface area (TPSA) is 109 Å². The molecular formula is C27H38ClNO6. The van der Waals surface area contributed by atoms with Gasteiger partial charge in [0, 0.05) is 18.5 Å².